The van der Waals surface area contributed by atoms with Crippen molar-refractivity contribution in [2.45, 2.75) is 12.0 Å². The van der Waals surface area contributed by atoms with E-state index in [4.69, 9.17) is 10.5 Å². The van der Waals surface area contributed by atoms with Crippen LogP contribution >= 0.6 is 15.9 Å². The first-order valence-electron chi connectivity index (χ1n) is 7.75. The van der Waals surface area contributed by atoms with Crippen molar-refractivity contribution >= 4 is 27.8 Å². The Hall–Kier alpha value is -2.48. The Kier molecular flexibility index (Phi) is 4.95. The number of hydrogen-bond acceptors (Lipinski definition) is 4. The highest BCUT2D eigenvalue weighted by Gasteiger charge is 2.49. The molecular formula is C18H16BrF2N3O2. The maximum Gasteiger partial charge on any atom is 0.272 e. The summed E-state index contributed by atoms with van der Waals surface area (Å²) >= 11 is 3.41. The molecular weight excluding hydrogens is 408 g/mol. The van der Waals surface area contributed by atoms with E-state index in [1.807, 2.05) is 6.07 Å². The number of aliphatic imine (C=N–C) groups is 1. The van der Waals surface area contributed by atoms with Crippen LogP contribution < -0.4 is 10.5 Å². The van der Waals surface area contributed by atoms with Crippen molar-refractivity contribution in [3.63, 3.8) is 0 Å². The van der Waals surface area contributed by atoms with Crippen molar-refractivity contribution in [2.24, 2.45) is 10.7 Å². The molecule has 0 aromatic heterocycles. The highest BCUT2D eigenvalue weighted by molar-refractivity contribution is 9.10. The number of alkyl halides is 2. The second-order valence-corrected chi connectivity index (χ2v) is 6.70. The first kappa shape index (κ1) is 18.3. The summed E-state index contributed by atoms with van der Waals surface area (Å²) in [5.41, 5.74) is 5.78. The molecule has 0 saturated heterocycles. The third-order valence-electron chi connectivity index (χ3n) is 4.13. The molecule has 1 aliphatic heterocycles. The monoisotopic (exact) mass is 423 g/mol. The number of guanidine groups is 1. The van der Waals surface area contributed by atoms with Gasteiger partial charge in [0.05, 0.1) is 0 Å². The number of nitrogens with zero attached hydrogens (tertiary/aromatic N) is 2. The smallest absolute Gasteiger partial charge is 0.272 e. The summed E-state index contributed by atoms with van der Waals surface area (Å²) in [6.45, 7) is -0.692. The molecule has 1 aliphatic rings. The third-order valence-corrected chi connectivity index (χ3v) is 4.62. The highest BCUT2D eigenvalue weighted by Crippen LogP contribution is 2.40. The molecule has 1 amide bonds. The number of benzene rings is 2. The van der Waals surface area contributed by atoms with Crippen molar-refractivity contribution in [3.05, 3.63) is 64.1 Å². The van der Waals surface area contributed by atoms with Gasteiger partial charge < -0.3 is 10.5 Å². The minimum absolute atomic E-state index is 0.105. The van der Waals surface area contributed by atoms with E-state index in [9.17, 15) is 13.6 Å². The zero-order chi connectivity index (χ0) is 18.9. The second kappa shape index (κ2) is 7.03. The number of amides is 1. The summed E-state index contributed by atoms with van der Waals surface area (Å²) in [7, 11) is 1.56. The van der Waals surface area contributed by atoms with Crippen molar-refractivity contribution in [2.75, 3.05) is 13.7 Å². The minimum Gasteiger partial charge on any atom is -0.488 e. The zero-order valence-electron chi connectivity index (χ0n) is 13.8. The van der Waals surface area contributed by atoms with Gasteiger partial charge in [0, 0.05) is 11.5 Å². The van der Waals surface area contributed by atoms with Crippen molar-refractivity contribution in [1.29, 1.82) is 0 Å². The molecule has 0 spiro atoms. The molecule has 3 rings (SSSR count). The van der Waals surface area contributed by atoms with Gasteiger partial charge >= 0.3 is 0 Å². The molecule has 26 heavy (non-hydrogen) atoms. The fourth-order valence-corrected chi connectivity index (χ4v) is 3.25. The lowest BCUT2D eigenvalue weighted by molar-refractivity contribution is -0.129. The number of nitrogens with two attached hydrogens (primary N) is 1. The molecule has 0 fully saturated rings. The molecule has 2 N–H and O–H groups in total. The van der Waals surface area contributed by atoms with E-state index in [0.29, 0.717) is 11.1 Å². The van der Waals surface area contributed by atoms with Crippen LogP contribution in [0.25, 0.3) is 0 Å². The van der Waals surface area contributed by atoms with Gasteiger partial charge in [-0.15, -0.1) is 0 Å². The van der Waals surface area contributed by atoms with E-state index in [1.165, 1.54) is 17.0 Å². The number of halogens is 3. The molecule has 1 atom stereocenters. The van der Waals surface area contributed by atoms with Crippen LogP contribution in [0.2, 0.25) is 0 Å². The Morgan fingerprint density at radius 2 is 1.92 bits per heavy atom. The molecule has 8 heteroatoms. The Morgan fingerprint density at radius 3 is 2.46 bits per heavy atom. The van der Waals surface area contributed by atoms with Crippen LogP contribution in [0.15, 0.2) is 58.0 Å². The van der Waals surface area contributed by atoms with Gasteiger partial charge in [-0.3, -0.25) is 9.69 Å². The van der Waals surface area contributed by atoms with Crippen molar-refractivity contribution in [1.82, 2.24) is 4.90 Å². The van der Waals surface area contributed by atoms with Crippen LogP contribution in [-0.4, -0.2) is 36.8 Å². The molecule has 136 valence electrons. The van der Waals surface area contributed by atoms with Gasteiger partial charge in [-0.25, -0.2) is 13.8 Å². The highest BCUT2D eigenvalue weighted by atomic mass is 79.9. The summed E-state index contributed by atoms with van der Waals surface area (Å²) in [6, 6.07) is 13.6. The van der Waals surface area contributed by atoms with Gasteiger partial charge in [0.25, 0.3) is 12.3 Å². The van der Waals surface area contributed by atoms with Crippen LogP contribution in [0.1, 0.15) is 11.1 Å². The molecule has 2 aromatic rings. The van der Waals surface area contributed by atoms with Gasteiger partial charge in [0.2, 0.25) is 0 Å². The van der Waals surface area contributed by atoms with Crippen LogP contribution in [0.5, 0.6) is 5.75 Å². The van der Waals surface area contributed by atoms with E-state index in [0.717, 1.165) is 4.47 Å². The van der Waals surface area contributed by atoms with Gasteiger partial charge in [-0.05, 0) is 35.4 Å². The van der Waals surface area contributed by atoms with Crippen molar-refractivity contribution < 1.29 is 18.3 Å². The summed E-state index contributed by atoms with van der Waals surface area (Å²) in [5.74, 6) is 0.0940. The summed E-state index contributed by atoms with van der Waals surface area (Å²) in [6.07, 6.45) is -2.56. The van der Waals surface area contributed by atoms with E-state index >= 15 is 0 Å². The van der Waals surface area contributed by atoms with E-state index in [-0.39, 0.29) is 17.6 Å². The van der Waals surface area contributed by atoms with E-state index in [1.54, 1.807) is 37.4 Å². The number of ether oxygens (including phenoxy) is 1. The molecule has 5 nitrogen and oxygen atoms in total. The summed E-state index contributed by atoms with van der Waals surface area (Å²) in [4.78, 5) is 18.8. The van der Waals surface area contributed by atoms with Crippen LogP contribution in [0, 0.1) is 0 Å². The average molecular weight is 424 g/mol. The number of hydrogen-bond donors (Lipinski definition) is 1. The third kappa shape index (κ3) is 3.16. The number of carbonyl (C=O) groups excluding carboxylic acids is 1. The Morgan fingerprint density at radius 1 is 1.23 bits per heavy atom. The maximum atomic E-state index is 13.0. The summed E-state index contributed by atoms with van der Waals surface area (Å²) < 4.78 is 30.4. The number of likely N-dealkylation sites (N-methyl/N-ethyl adjacent to an activating group) is 1. The molecule has 1 unspecified atom stereocenters. The van der Waals surface area contributed by atoms with E-state index < -0.39 is 18.6 Å². The van der Waals surface area contributed by atoms with Gasteiger partial charge in [0.1, 0.15) is 12.4 Å². The minimum atomic E-state index is -2.56. The first-order valence-corrected chi connectivity index (χ1v) is 8.55. The van der Waals surface area contributed by atoms with Crippen LogP contribution in [0.4, 0.5) is 8.78 Å². The first-order chi connectivity index (χ1) is 12.3. The topological polar surface area (TPSA) is 67.9 Å². The fraction of sp³-hybridized carbons (Fsp3) is 0.222. The van der Waals surface area contributed by atoms with Gasteiger partial charge in [-0.2, -0.15) is 0 Å². The normalized spacial score (nSPS) is 19.8. The standard InChI is InChI=1S/C18H16BrF2N3O2/c1-24-16(25)18(23-17(24)22,12-3-2-4-13(19)9-12)11-5-7-14(8-6-11)26-10-15(20)21/h2-9,15H,10H2,1H3,(H2,22,23). The second-order valence-electron chi connectivity index (χ2n) is 5.78. The largest absolute Gasteiger partial charge is 0.488 e. The summed E-state index contributed by atoms with van der Waals surface area (Å²) in [5, 5.41) is 0. The zero-order valence-corrected chi connectivity index (χ0v) is 15.4. The van der Waals surface area contributed by atoms with Gasteiger partial charge in [-0.1, -0.05) is 40.2 Å². The Balaban J connectivity index is 2.07. The lowest BCUT2D eigenvalue weighted by Gasteiger charge is -2.26. The predicted molar refractivity (Wildman–Crippen MR) is 97.3 cm³/mol. The van der Waals surface area contributed by atoms with E-state index in [2.05, 4.69) is 20.9 Å². The van der Waals surface area contributed by atoms with Crippen LogP contribution in [-0.2, 0) is 10.3 Å². The molecule has 0 bridgehead atoms. The fourth-order valence-electron chi connectivity index (χ4n) is 2.85. The maximum absolute atomic E-state index is 13.0. The van der Waals surface area contributed by atoms with Gasteiger partial charge in [0.15, 0.2) is 11.5 Å². The molecule has 0 radical (unpaired) electrons. The SMILES string of the molecule is CN1C(=O)C(c2ccc(OCC(F)F)cc2)(c2cccc(Br)c2)N=C1N. The van der Waals surface area contributed by atoms with Crippen molar-refractivity contribution in [3.8, 4) is 5.75 Å². The molecule has 2 aromatic carbocycles. The number of rotatable bonds is 5. The molecule has 1 heterocycles. The average Bonchev–Trinajstić information content (AvgIpc) is 2.85. The predicted octanol–water partition coefficient (Wildman–Crippen LogP) is 3.12. The lowest BCUT2D eigenvalue weighted by atomic mass is 9.83. The Labute approximate surface area is 157 Å². The molecule has 0 aliphatic carbocycles. The quantitative estimate of drug-likeness (QED) is 0.802. The number of carbonyl (C=O) groups is 1. The molecule has 0 saturated carbocycles. The van der Waals surface area contributed by atoms with Crippen LogP contribution in [0.3, 0.4) is 0 Å². The Bertz CT molecular complexity index is 858. The lowest BCUT2D eigenvalue weighted by Crippen LogP contribution is -2.41.